The molecule has 12 heavy (non-hydrogen) atoms. The van der Waals surface area contributed by atoms with Gasteiger partial charge in [-0.1, -0.05) is 11.2 Å². The van der Waals surface area contributed by atoms with Gasteiger partial charge < -0.3 is 10.6 Å². The Morgan fingerprint density at radius 1 is 1.83 bits per heavy atom. The minimum absolute atomic E-state index is 0.376. The highest BCUT2D eigenvalue weighted by molar-refractivity contribution is 7.09. The molecule has 0 radical (unpaired) electrons. The Morgan fingerprint density at radius 3 is 3.25 bits per heavy atom. The van der Waals surface area contributed by atoms with Crippen molar-refractivity contribution in [1.82, 2.24) is 0 Å². The van der Waals surface area contributed by atoms with Gasteiger partial charge in [0.2, 0.25) is 0 Å². The molecule has 1 heterocycles. The number of nitrogens with zero attached hydrogens (tertiary/aromatic N) is 1. The molecule has 64 valence electrons. The summed E-state index contributed by atoms with van der Waals surface area (Å²) in [5, 5.41) is 5.29. The molecule has 0 aliphatic rings. The Balaban J connectivity index is 2.23. The fourth-order valence-electron chi connectivity index (χ4n) is 0.585. The fraction of sp³-hybridized carbons (Fsp3) is 0.143. The zero-order valence-corrected chi connectivity index (χ0v) is 7.08. The van der Waals surface area contributed by atoms with Crippen molar-refractivity contribution in [1.29, 1.82) is 0 Å². The van der Waals surface area contributed by atoms with E-state index in [9.17, 15) is 4.79 Å². The van der Waals surface area contributed by atoms with Gasteiger partial charge in [0.25, 0.3) is 5.91 Å². The molecule has 0 aromatic carbocycles. The van der Waals surface area contributed by atoms with Crippen LogP contribution in [-0.2, 0) is 16.2 Å². The molecule has 5 heteroatoms. The van der Waals surface area contributed by atoms with Gasteiger partial charge in [-0.25, -0.2) is 0 Å². The van der Waals surface area contributed by atoms with Gasteiger partial charge in [0.05, 0.1) is 0 Å². The molecule has 1 aromatic heterocycles. The molecule has 1 amide bonds. The molecule has 0 bridgehead atoms. The monoisotopic (exact) mass is 184 g/mol. The van der Waals surface area contributed by atoms with Gasteiger partial charge in [0.1, 0.15) is 6.21 Å². The fourth-order valence-corrected chi connectivity index (χ4v) is 1.19. The predicted octanol–water partition coefficient (Wildman–Crippen LogP) is 0.736. The molecule has 4 nitrogen and oxygen atoms in total. The van der Waals surface area contributed by atoms with Crippen LogP contribution in [0.4, 0.5) is 0 Å². The van der Waals surface area contributed by atoms with Crippen LogP contribution in [-0.4, -0.2) is 12.1 Å². The Morgan fingerprint density at radius 2 is 2.67 bits per heavy atom. The third-order valence-electron chi connectivity index (χ3n) is 1.04. The lowest BCUT2D eigenvalue weighted by Gasteiger charge is -1.92. The molecule has 0 unspecified atom stereocenters. The zero-order chi connectivity index (χ0) is 8.81. The molecule has 0 atom stereocenters. The molecule has 1 aromatic rings. The number of oxime groups is 1. The third-order valence-corrected chi connectivity index (χ3v) is 1.89. The average molecular weight is 184 g/mol. The van der Waals surface area contributed by atoms with E-state index in [2.05, 4.69) is 5.16 Å². The minimum Gasteiger partial charge on any atom is -0.390 e. The number of carbonyl (C=O) groups excluding carboxylic acids is 1. The van der Waals surface area contributed by atoms with E-state index in [0.29, 0.717) is 6.61 Å². The molecule has 1 rings (SSSR count). The van der Waals surface area contributed by atoms with Crippen molar-refractivity contribution in [2.75, 3.05) is 0 Å². The highest BCUT2D eigenvalue weighted by Crippen LogP contribution is 2.09. The number of hydrogen-bond donors (Lipinski definition) is 1. The van der Waals surface area contributed by atoms with Gasteiger partial charge in [0.15, 0.2) is 6.61 Å². The third kappa shape index (κ3) is 3.16. The Labute approximate surface area is 73.6 Å². The molecule has 0 aliphatic carbocycles. The molecular formula is C7H8N2O2S. The number of amides is 1. The van der Waals surface area contributed by atoms with Crippen LogP contribution in [0.5, 0.6) is 0 Å². The maximum atomic E-state index is 10.2. The summed E-state index contributed by atoms with van der Waals surface area (Å²) in [6.45, 7) is 0.376. The predicted molar refractivity (Wildman–Crippen MR) is 46.8 cm³/mol. The SMILES string of the molecule is NC(=O)/C=N\OCc1cccs1. The van der Waals surface area contributed by atoms with E-state index in [4.69, 9.17) is 10.6 Å². The maximum absolute atomic E-state index is 10.2. The first-order valence-electron chi connectivity index (χ1n) is 3.26. The Kier molecular flexibility index (Phi) is 3.28. The summed E-state index contributed by atoms with van der Waals surface area (Å²) in [6, 6.07) is 3.84. The van der Waals surface area contributed by atoms with Crippen molar-refractivity contribution >= 4 is 23.5 Å². The van der Waals surface area contributed by atoms with E-state index in [1.807, 2.05) is 17.5 Å². The molecule has 2 N–H and O–H groups in total. The van der Waals surface area contributed by atoms with Gasteiger partial charge in [-0.3, -0.25) is 4.79 Å². The highest BCUT2D eigenvalue weighted by atomic mass is 32.1. The number of rotatable bonds is 4. The van der Waals surface area contributed by atoms with Crippen LogP contribution in [0, 0.1) is 0 Å². The van der Waals surface area contributed by atoms with Crippen LogP contribution in [0.25, 0.3) is 0 Å². The first kappa shape index (κ1) is 8.73. The van der Waals surface area contributed by atoms with Crippen LogP contribution in [0.15, 0.2) is 22.7 Å². The van der Waals surface area contributed by atoms with Crippen molar-refractivity contribution in [3.05, 3.63) is 22.4 Å². The van der Waals surface area contributed by atoms with Gasteiger partial charge in [-0.15, -0.1) is 11.3 Å². The number of nitrogens with two attached hydrogens (primary N) is 1. The van der Waals surface area contributed by atoms with E-state index >= 15 is 0 Å². The summed E-state index contributed by atoms with van der Waals surface area (Å²) in [7, 11) is 0. The minimum atomic E-state index is -0.610. The van der Waals surface area contributed by atoms with E-state index in [1.165, 1.54) is 0 Å². The average Bonchev–Trinajstić information content (AvgIpc) is 2.49. The zero-order valence-electron chi connectivity index (χ0n) is 6.27. The molecule has 0 fully saturated rings. The number of primary amides is 1. The first-order valence-corrected chi connectivity index (χ1v) is 4.14. The highest BCUT2D eigenvalue weighted by Gasteiger charge is 1.91. The summed E-state index contributed by atoms with van der Waals surface area (Å²) >= 11 is 1.57. The molecule has 0 aliphatic heterocycles. The van der Waals surface area contributed by atoms with Crippen molar-refractivity contribution in [2.24, 2.45) is 10.9 Å². The smallest absolute Gasteiger partial charge is 0.263 e. The Bertz CT molecular complexity index is 269. The second kappa shape index (κ2) is 4.50. The lowest BCUT2D eigenvalue weighted by molar-refractivity contribution is -0.111. The summed E-state index contributed by atoms with van der Waals surface area (Å²) < 4.78 is 0. The number of thiophene rings is 1. The summed E-state index contributed by atoms with van der Waals surface area (Å²) in [5.41, 5.74) is 4.79. The topological polar surface area (TPSA) is 64.7 Å². The molecular weight excluding hydrogens is 176 g/mol. The van der Waals surface area contributed by atoms with Crippen molar-refractivity contribution in [3.8, 4) is 0 Å². The first-order chi connectivity index (χ1) is 5.79. The lowest BCUT2D eigenvalue weighted by Crippen LogP contribution is -2.11. The van der Waals surface area contributed by atoms with Crippen LogP contribution in [0.1, 0.15) is 4.88 Å². The van der Waals surface area contributed by atoms with Gasteiger partial charge >= 0.3 is 0 Å². The number of hydrogen-bond acceptors (Lipinski definition) is 4. The summed E-state index contributed by atoms with van der Waals surface area (Å²) in [6.07, 6.45) is 0.938. The van der Waals surface area contributed by atoms with Crippen LogP contribution in [0.2, 0.25) is 0 Å². The van der Waals surface area contributed by atoms with Crippen molar-refractivity contribution in [2.45, 2.75) is 6.61 Å². The van der Waals surface area contributed by atoms with E-state index < -0.39 is 5.91 Å². The van der Waals surface area contributed by atoms with Crippen LogP contribution < -0.4 is 5.73 Å². The summed E-state index contributed by atoms with van der Waals surface area (Å²) in [5.74, 6) is -0.610. The van der Waals surface area contributed by atoms with Crippen molar-refractivity contribution in [3.63, 3.8) is 0 Å². The van der Waals surface area contributed by atoms with E-state index in [0.717, 1.165) is 11.1 Å². The second-order valence-electron chi connectivity index (χ2n) is 1.99. The lowest BCUT2D eigenvalue weighted by atomic mass is 10.5. The van der Waals surface area contributed by atoms with Crippen LogP contribution in [0.3, 0.4) is 0 Å². The summed E-state index contributed by atoms with van der Waals surface area (Å²) in [4.78, 5) is 16.0. The van der Waals surface area contributed by atoms with Crippen molar-refractivity contribution < 1.29 is 9.63 Å². The van der Waals surface area contributed by atoms with Crippen LogP contribution >= 0.6 is 11.3 Å². The van der Waals surface area contributed by atoms with E-state index in [-0.39, 0.29) is 0 Å². The largest absolute Gasteiger partial charge is 0.390 e. The Hall–Kier alpha value is -1.36. The maximum Gasteiger partial charge on any atom is 0.263 e. The molecule has 0 spiro atoms. The normalized spacial score (nSPS) is 10.3. The van der Waals surface area contributed by atoms with E-state index in [1.54, 1.807) is 11.3 Å². The van der Waals surface area contributed by atoms with Gasteiger partial charge in [-0.05, 0) is 11.4 Å². The number of carbonyl (C=O) groups is 1. The quantitative estimate of drug-likeness (QED) is 0.554. The molecule has 0 saturated heterocycles. The standard InChI is InChI=1S/C7H8N2O2S/c8-7(10)4-9-11-5-6-2-1-3-12-6/h1-4H,5H2,(H2,8,10)/b9-4-. The van der Waals surface area contributed by atoms with Gasteiger partial charge in [-0.2, -0.15) is 0 Å². The van der Waals surface area contributed by atoms with Gasteiger partial charge in [0, 0.05) is 4.88 Å². The second-order valence-corrected chi connectivity index (χ2v) is 3.02. The molecule has 0 saturated carbocycles.